The van der Waals surface area contributed by atoms with Crippen molar-refractivity contribution in [3.63, 3.8) is 0 Å². The summed E-state index contributed by atoms with van der Waals surface area (Å²) >= 11 is 0. The van der Waals surface area contributed by atoms with E-state index in [4.69, 9.17) is 4.74 Å². The van der Waals surface area contributed by atoms with Crippen LogP contribution in [-0.4, -0.2) is 39.5 Å². The first-order chi connectivity index (χ1) is 9.78. The molecule has 1 unspecified atom stereocenters. The third-order valence-corrected chi connectivity index (χ3v) is 3.46. The van der Waals surface area contributed by atoms with Gasteiger partial charge in [-0.05, 0) is 46.6 Å². The molecule has 0 aliphatic carbocycles. The van der Waals surface area contributed by atoms with E-state index in [1.807, 2.05) is 20.8 Å². The molecule has 1 saturated heterocycles. The maximum atomic E-state index is 12.1. The van der Waals surface area contributed by atoms with Crippen LogP contribution in [0.5, 0.6) is 0 Å². The van der Waals surface area contributed by atoms with Crippen molar-refractivity contribution in [3.05, 3.63) is 28.2 Å². The number of nitrogens with zero attached hydrogens (tertiary/aromatic N) is 3. The molecule has 0 aromatic carbocycles. The Morgan fingerprint density at radius 2 is 2.14 bits per heavy atom. The Labute approximate surface area is 124 Å². The molecule has 1 amide bonds. The normalized spacial score (nSPS) is 19.4. The van der Waals surface area contributed by atoms with Gasteiger partial charge in [0.05, 0.1) is 6.04 Å². The van der Waals surface area contributed by atoms with Crippen LogP contribution in [0.1, 0.15) is 45.2 Å². The Kier molecular flexibility index (Phi) is 4.34. The Balaban J connectivity index is 2.12. The van der Waals surface area contributed by atoms with Gasteiger partial charge in [-0.1, -0.05) is 0 Å². The summed E-state index contributed by atoms with van der Waals surface area (Å²) in [5, 5.41) is 4.16. The molecule has 116 valence electrons. The van der Waals surface area contributed by atoms with E-state index < -0.39 is 5.60 Å². The van der Waals surface area contributed by atoms with Crippen molar-refractivity contribution in [1.82, 2.24) is 14.7 Å². The van der Waals surface area contributed by atoms with Gasteiger partial charge in [-0.2, -0.15) is 5.10 Å². The molecule has 1 atom stereocenters. The maximum absolute atomic E-state index is 12.1. The number of hydrogen-bond donors (Lipinski definition) is 0. The fraction of sp³-hybridized carbons (Fsp3) is 0.667. The van der Waals surface area contributed by atoms with Crippen molar-refractivity contribution >= 4 is 6.09 Å². The SMILES string of the molecule is Cc1ccnn(C2CCCN(C(=O)OC(C)(C)C)C2)c1=O. The fourth-order valence-corrected chi connectivity index (χ4v) is 2.43. The number of aromatic nitrogens is 2. The van der Waals surface area contributed by atoms with Gasteiger partial charge in [-0.15, -0.1) is 0 Å². The molecule has 1 aliphatic heterocycles. The molecule has 21 heavy (non-hydrogen) atoms. The Morgan fingerprint density at radius 3 is 2.81 bits per heavy atom. The molecule has 1 aromatic heterocycles. The third kappa shape index (κ3) is 3.83. The zero-order valence-corrected chi connectivity index (χ0v) is 13.1. The predicted octanol–water partition coefficient (Wildman–Crippen LogP) is 2.12. The van der Waals surface area contributed by atoms with Crippen molar-refractivity contribution in [3.8, 4) is 0 Å². The molecule has 1 fully saturated rings. The molecule has 1 aliphatic rings. The number of amides is 1. The van der Waals surface area contributed by atoms with Gasteiger partial charge in [0.25, 0.3) is 5.56 Å². The topological polar surface area (TPSA) is 64.4 Å². The van der Waals surface area contributed by atoms with E-state index in [0.29, 0.717) is 18.7 Å². The molecule has 6 nitrogen and oxygen atoms in total. The Morgan fingerprint density at radius 1 is 1.43 bits per heavy atom. The van der Waals surface area contributed by atoms with E-state index in [9.17, 15) is 9.59 Å². The van der Waals surface area contributed by atoms with Crippen LogP contribution in [0.15, 0.2) is 17.1 Å². The van der Waals surface area contributed by atoms with Crippen LogP contribution in [0.4, 0.5) is 4.79 Å². The lowest BCUT2D eigenvalue weighted by Crippen LogP contribution is -2.45. The molecule has 2 heterocycles. The minimum absolute atomic E-state index is 0.0846. The van der Waals surface area contributed by atoms with Gasteiger partial charge in [0, 0.05) is 24.8 Å². The Bertz CT molecular complexity index is 574. The number of aryl methyl sites for hydroxylation is 1. The van der Waals surface area contributed by atoms with Gasteiger partial charge in [0.15, 0.2) is 0 Å². The fourth-order valence-electron chi connectivity index (χ4n) is 2.43. The molecular weight excluding hydrogens is 270 g/mol. The lowest BCUT2D eigenvalue weighted by molar-refractivity contribution is 0.0165. The lowest BCUT2D eigenvalue weighted by atomic mass is 10.1. The van der Waals surface area contributed by atoms with E-state index in [-0.39, 0.29) is 17.7 Å². The van der Waals surface area contributed by atoms with Crippen molar-refractivity contribution < 1.29 is 9.53 Å². The highest BCUT2D eigenvalue weighted by Crippen LogP contribution is 2.21. The van der Waals surface area contributed by atoms with E-state index in [2.05, 4.69) is 5.10 Å². The summed E-state index contributed by atoms with van der Waals surface area (Å²) in [6.07, 6.45) is 2.98. The second-order valence-electron chi connectivity index (χ2n) is 6.49. The number of ether oxygens (including phenoxy) is 1. The molecule has 1 aromatic rings. The predicted molar refractivity (Wildman–Crippen MR) is 79.3 cm³/mol. The second-order valence-corrected chi connectivity index (χ2v) is 6.49. The van der Waals surface area contributed by atoms with Crippen molar-refractivity contribution in [2.45, 2.75) is 52.2 Å². The number of likely N-dealkylation sites (tertiary alicyclic amines) is 1. The highest BCUT2D eigenvalue weighted by molar-refractivity contribution is 5.68. The Hall–Kier alpha value is -1.85. The van der Waals surface area contributed by atoms with Gasteiger partial charge < -0.3 is 9.64 Å². The first-order valence-electron chi connectivity index (χ1n) is 7.30. The first kappa shape index (κ1) is 15.5. The largest absolute Gasteiger partial charge is 0.444 e. The molecule has 6 heteroatoms. The number of carbonyl (C=O) groups is 1. The number of piperidine rings is 1. The summed E-state index contributed by atoms with van der Waals surface area (Å²) in [6, 6.07) is 1.62. The summed E-state index contributed by atoms with van der Waals surface area (Å²) in [7, 11) is 0. The second kappa shape index (κ2) is 5.87. The average Bonchev–Trinajstić information content (AvgIpc) is 2.40. The summed E-state index contributed by atoms with van der Waals surface area (Å²) in [4.78, 5) is 25.9. The van der Waals surface area contributed by atoms with Crippen LogP contribution in [-0.2, 0) is 4.74 Å². The van der Waals surface area contributed by atoms with Gasteiger partial charge in [-0.25, -0.2) is 9.48 Å². The third-order valence-electron chi connectivity index (χ3n) is 3.46. The van der Waals surface area contributed by atoms with Crippen molar-refractivity contribution in [2.75, 3.05) is 13.1 Å². The standard InChI is InChI=1S/C15H23N3O3/c1-11-7-8-16-18(13(11)19)12-6-5-9-17(10-12)14(20)21-15(2,3)4/h7-8,12H,5-6,9-10H2,1-4H3. The van der Waals surface area contributed by atoms with Gasteiger partial charge in [0.2, 0.25) is 0 Å². The number of hydrogen-bond acceptors (Lipinski definition) is 4. The zero-order valence-electron chi connectivity index (χ0n) is 13.1. The number of rotatable bonds is 1. The van der Waals surface area contributed by atoms with E-state index in [0.717, 1.165) is 12.8 Å². The first-order valence-corrected chi connectivity index (χ1v) is 7.30. The smallest absolute Gasteiger partial charge is 0.410 e. The summed E-state index contributed by atoms with van der Waals surface area (Å²) < 4.78 is 6.89. The monoisotopic (exact) mass is 293 g/mol. The van der Waals surface area contributed by atoms with Gasteiger partial charge >= 0.3 is 6.09 Å². The zero-order chi connectivity index (χ0) is 15.6. The van der Waals surface area contributed by atoms with Crippen LogP contribution >= 0.6 is 0 Å². The molecule has 2 rings (SSSR count). The quantitative estimate of drug-likeness (QED) is 0.795. The number of carbonyl (C=O) groups excluding carboxylic acids is 1. The summed E-state index contributed by atoms with van der Waals surface area (Å²) in [5.41, 5.74) is 0.0653. The maximum Gasteiger partial charge on any atom is 0.410 e. The van der Waals surface area contributed by atoms with E-state index in [1.54, 1.807) is 24.1 Å². The molecule has 0 spiro atoms. The van der Waals surface area contributed by atoms with Crippen LogP contribution in [0.3, 0.4) is 0 Å². The molecule has 0 bridgehead atoms. The van der Waals surface area contributed by atoms with E-state index in [1.165, 1.54) is 4.68 Å². The van der Waals surface area contributed by atoms with E-state index >= 15 is 0 Å². The molecule has 0 radical (unpaired) electrons. The molecular formula is C15H23N3O3. The molecule has 0 saturated carbocycles. The van der Waals surface area contributed by atoms with Crippen LogP contribution in [0.25, 0.3) is 0 Å². The highest BCUT2D eigenvalue weighted by atomic mass is 16.6. The van der Waals surface area contributed by atoms with Crippen molar-refractivity contribution in [1.29, 1.82) is 0 Å². The molecule has 0 N–H and O–H groups in total. The van der Waals surface area contributed by atoms with Crippen LogP contribution in [0, 0.1) is 6.92 Å². The van der Waals surface area contributed by atoms with Gasteiger partial charge in [0.1, 0.15) is 5.60 Å². The van der Waals surface area contributed by atoms with Crippen LogP contribution in [0.2, 0.25) is 0 Å². The minimum Gasteiger partial charge on any atom is -0.444 e. The minimum atomic E-state index is -0.511. The highest BCUT2D eigenvalue weighted by Gasteiger charge is 2.29. The van der Waals surface area contributed by atoms with Gasteiger partial charge in [-0.3, -0.25) is 4.79 Å². The van der Waals surface area contributed by atoms with Crippen LogP contribution < -0.4 is 5.56 Å². The van der Waals surface area contributed by atoms with Crippen molar-refractivity contribution in [2.24, 2.45) is 0 Å². The average molecular weight is 293 g/mol. The summed E-state index contributed by atoms with van der Waals surface area (Å²) in [6.45, 7) is 8.43. The summed E-state index contributed by atoms with van der Waals surface area (Å²) in [5.74, 6) is 0. The lowest BCUT2D eigenvalue weighted by Gasteiger charge is -2.34.